The Morgan fingerprint density at radius 2 is 1.92 bits per heavy atom. The maximum Gasteiger partial charge on any atom is 0.261 e. The molecule has 0 bridgehead atoms. The third-order valence-electron chi connectivity index (χ3n) is 6.30. The first kappa shape index (κ1) is 27.8. The highest BCUT2D eigenvalue weighted by molar-refractivity contribution is 6.32. The van der Waals surface area contributed by atoms with Gasteiger partial charge in [0.2, 0.25) is 0 Å². The maximum absolute atomic E-state index is 13.7. The van der Waals surface area contributed by atoms with Crippen LogP contribution in [0.25, 0.3) is 11.3 Å². The largest absolute Gasteiger partial charge is 0.494 e. The Bertz CT molecular complexity index is 1370. The molecule has 1 aliphatic rings. The number of nitrogens with one attached hydrogen (secondary N) is 1. The summed E-state index contributed by atoms with van der Waals surface area (Å²) < 4.78 is 24.7. The molecule has 200 valence electrons. The third kappa shape index (κ3) is 5.91. The van der Waals surface area contributed by atoms with Crippen molar-refractivity contribution < 1.29 is 33.7 Å². The molecule has 1 amide bonds. The van der Waals surface area contributed by atoms with E-state index >= 15 is 0 Å². The monoisotopic (exact) mass is 562 g/mol. The first-order chi connectivity index (χ1) is 18.1. The van der Waals surface area contributed by atoms with Crippen molar-refractivity contribution in [2.24, 2.45) is 0 Å². The van der Waals surface area contributed by atoms with Crippen molar-refractivity contribution in [1.82, 2.24) is 10.3 Å². The topological polar surface area (TPSA) is 118 Å². The predicted octanol–water partition coefficient (Wildman–Crippen LogP) is 4.31. The number of benzene rings is 2. The quantitative estimate of drug-likeness (QED) is 0.315. The minimum atomic E-state index is -1.86. The Kier molecular flexibility index (Phi) is 8.52. The molecule has 0 spiro atoms. The molecule has 38 heavy (non-hydrogen) atoms. The van der Waals surface area contributed by atoms with Gasteiger partial charge in [-0.1, -0.05) is 23.2 Å². The lowest BCUT2D eigenvalue weighted by Gasteiger charge is -2.26. The van der Waals surface area contributed by atoms with Crippen LogP contribution in [0.1, 0.15) is 35.3 Å². The van der Waals surface area contributed by atoms with E-state index in [4.69, 9.17) is 32.7 Å². The van der Waals surface area contributed by atoms with Gasteiger partial charge in [-0.2, -0.15) is 0 Å². The van der Waals surface area contributed by atoms with Gasteiger partial charge < -0.3 is 25.0 Å². The van der Waals surface area contributed by atoms with Crippen LogP contribution in [-0.4, -0.2) is 53.3 Å². The zero-order valence-corrected chi connectivity index (χ0v) is 21.9. The lowest BCUT2D eigenvalue weighted by Crippen LogP contribution is -2.32. The van der Waals surface area contributed by atoms with Crippen molar-refractivity contribution in [2.45, 2.75) is 31.0 Å². The highest BCUT2D eigenvalue weighted by atomic mass is 35.5. The van der Waals surface area contributed by atoms with Crippen LogP contribution in [0, 0.1) is 5.82 Å². The number of methoxy groups -OCH3 is 1. The van der Waals surface area contributed by atoms with E-state index in [2.05, 4.69) is 10.3 Å². The summed E-state index contributed by atoms with van der Waals surface area (Å²) in [4.78, 5) is 29.1. The van der Waals surface area contributed by atoms with Crippen LogP contribution in [0.4, 0.5) is 4.39 Å². The molecule has 2 heterocycles. The molecule has 0 radical (unpaired) electrons. The number of ether oxygens (including phenoxy) is 2. The van der Waals surface area contributed by atoms with Crippen molar-refractivity contribution in [2.75, 3.05) is 20.3 Å². The number of carbonyl (C=O) groups excluding carboxylic acids is 2. The Labute approximate surface area is 228 Å². The second kappa shape index (κ2) is 11.7. The van der Waals surface area contributed by atoms with Crippen LogP contribution < -0.4 is 14.8 Å². The number of hydrogen-bond acceptors (Lipinski definition) is 7. The highest BCUT2D eigenvalue weighted by Gasteiger charge is 2.32. The predicted molar refractivity (Wildman–Crippen MR) is 139 cm³/mol. The van der Waals surface area contributed by atoms with Gasteiger partial charge in [-0.3, -0.25) is 9.59 Å². The number of halogens is 3. The summed E-state index contributed by atoms with van der Waals surface area (Å²) in [5.74, 6) is -0.516. The lowest BCUT2D eigenvalue weighted by atomic mass is 9.91. The smallest absolute Gasteiger partial charge is 0.261 e. The number of carbonyl (C=O) groups is 2. The van der Waals surface area contributed by atoms with E-state index in [1.807, 2.05) is 0 Å². The van der Waals surface area contributed by atoms with Crippen molar-refractivity contribution in [1.29, 1.82) is 0 Å². The van der Waals surface area contributed by atoms with Crippen molar-refractivity contribution in [3.8, 4) is 22.8 Å². The number of aromatic nitrogens is 1. The van der Waals surface area contributed by atoms with Crippen LogP contribution in [-0.2, 0) is 10.4 Å². The normalized spacial score (nSPS) is 16.6. The molecule has 2 atom stereocenters. The number of pyridine rings is 1. The number of Topliss-reactive ketones (excluding diaryl/α,β-unsaturated/α-hetero) is 1. The van der Waals surface area contributed by atoms with E-state index in [0.29, 0.717) is 24.3 Å². The molecular formula is C27H25Cl2FN2O6. The first-order valence-corrected chi connectivity index (χ1v) is 12.5. The summed E-state index contributed by atoms with van der Waals surface area (Å²) in [6.07, 6.45) is -0.403. The number of hydrogen-bond donors (Lipinski definition) is 3. The minimum absolute atomic E-state index is 0.0978. The van der Waals surface area contributed by atoms with Crippen LogP contribution in [0.15, 0.2) is 48.5 Å². The summed E-state index contributed by atoms with van der Waals surface area (Å²) >= 11 is 12.2. The summed E-state index contributed by atoms with van der Waals surface area (Å²) in [5, 5.41) is 24.0. The second-order valence-electron chi connectivity index (χ2n) is 8.82. The fourth-order valence-electron chi connectivity index (χ4n) is 4.08. The minimum Gasteiger partial charge on any atom is -0.494 e. The van der Waals surface area contributed by atoms with Gasteiger partial charge in [-0.15, -0.1) is 0 Å². The Morgan fingerprint density at radius 3 is 2.55 bits per heavy atom. The molecule has 8 nitrogen and oxygen atoms in total. The molecule has 2 unspecified atom stereocenters. The number of ketones is 1. The molecule has 3 aromatic rings. The van der Waals surface area contributed by atoms with Gasteiger partial charge in [0, 0.05) is 30.5 Å². The van der Waals surface area contributed by atoms with Crippen molar-refractivity contribution >= 4 is 34.9 Å². The standard InChI is InChI=1S/C27H25Cl2FN2O6/c1-37-22-6-7-24(32-25(22)16-2-4-19(30)17(28)13-16)27(36,14-33)10-8-20(34)15-3-5-21(18(29)12-15)38-23-9-11-31-26(23)35/h2-7,12-13,23,33,36H,8-11,14H2,1H3,(H,31,35). The lowest BCUT2D eigenvalue weighted by molar-refractivity contribution is -0.124. The van der Waals surface area contributed by atoms with E-state index in [-0.39, 0.29) is 57.3 Å². The van der Waals surface area contributed by atoms with Gasteiger partial charge in [0.15, 0.2) is 11.9 Å². The highest BCUT2D eigenvalue weighted by Crippen LogP contribution is 2.35. The van der Waals surface area contributed by atoms with E-state index < -0.39 is 24.1 Å². The summed E-state index contributed by atoms with van der Waals surface area (Å²) in [6.45, 7) is -0.187. The van der Waals surface area contributed by atoms with Crippen molar-refractivity contribution in [3.05, 3.63) is 75.7 Å². The van der Waals surface area contributed by atoms with Gasteiger partial charge in [0.25, 0.3) is 5.91 Å². The van der Waals surface area contributed by atoms with Gasteiger partial charge in [-0.25, -0.2) is 9.37 Å². The molecule has 0 saturated carbocycles. The van der Waals surface area contributed by atoms with E-state index in [1.54, 1.807) is 6.07 Å². The number of aliphatic hydroxyl groups is 2. The summed E-state index contributed by atoms with van der Waals surface area (Å²) in [5.41, 5.74) is -0.756. The molecule has 2 aromatic carbocycles. The molecule has 0 aliphatic carbocycles. The molecule has 1 saturated heterocycles. The summed E-state index contributed by atoms with van der Waals surface area (Å²) in [6, 6.07) is 11.5. The van der Waals surface area contributed by atoms with E-state index in [9.17, 15) is 24.2 Å². The Morgan fingerprint density at radius 1 is 1.16 bits per heavy atom. The van der Waals surface area contributed by atoms with Crippen LogP contribution >= 0.6 is 23.2 Å². The molecular weight excluding hydrogens is 538 g/mol. The van der Waals surface area contributed by atoms with Crippen LogP contribution in [0.3, 0.4) is 0 Å². The summed E-state index contributed by atoms with van der Waals surface area (Å²) in [7, 11) is 1.44. The molecule has 3 N–H and O–H groups in total. The van der Waals surface area contributed by atoms with Gasteiger partial charge in [-0.05, 0) is 55.0 Å². The van der Waals surface area contributed by atoms with Crippen LogP contribution in [0.5, 0.6) is 11.5 Å². The molecule has 1 fully saturated rings. The first-order valence-electron chi connectivity index (χ1n) is 11.8. The van der Waals surface area contributed by atoms with Crippen molar-refractivity contribution in [3.63, 3.8) is 0 Å². The van der Waals surface area contributed by atoms with E-state index in [1.165, 1.54) is 49.6 Å². The maximum atomic E-state index is 13.7. The Hall–Kier alpha value is -3.24. The average molecular weight is 563 g/mol. The number of rotatable bonds is 10. The second-order valence-corrected chi connectivity index (χ2v) is 9.63. The fourth-order valence-corrected chi connectivity index (χ4v) is 4.49. The number of nitrogens with zero attached hydrogens (tertiary/aromatic N) is 1. The third-order valence-corrected chi connectivity index (χ3v) is 6.88. The zero-order valence-electron chi connectivity index (χ0n) is 20.3. The van der Waals surface area contributed by atoms with Gasteiger partial charge in [0.05, 0.1) is 29.5 Å². The molecule has 1 aromatic heterocycles. The Balaban J connectivity index is 1.51. The average Bonchev–Trinajstić information content (AvgIpc) is 3.33. The van der Waals surface area contributed by atoms with Gasteiger partial charge >= 0.3 is 0 Å². The molecule has 11 heteroatoms. The van der Waals surface area contributed by atoms with Crippen LogP contribution in [0.2, 0.25) is 10.0 Å². The van der Waals surface area contributed by atoms with E-state index in [0.717, 1.165) is 0 Å². The molecule has 1 aliphatic heterocycles. The number of amides is 1. The zero-order chi connectivity index (χ0) is 27.4. The SMILES string of the molecule is COc1ccc(C(O)(CO)CCC(=O)c2ccc(OC3CCNC3=O)c(Cl)c2)nc1-c1ccc(F)c(Cl)c1. The van der Waals surface area contributed by atoms with Gasteiger partial charge in [0.1, 0.15) is 28.6 Å². The fraction of sp³-hybridized carbons (Fsp3) is 0.296. The molecule has 4 rings (SSSR count). The number of aliphatic hydroxyl groups excluding tert-OH is 1.